The number of likely N-dealkylation sites (tertiary alicyclic amines) is 1. The summed E-state index contributed by atoms with van der Waals surface area (Å²) in [6.07, 6.45) is 1.73. The summed E-state index contributed by atoms with van der Waals surface area (Å²) in [5, 5.41) is 13.2. The summed E-state index contributed by atoms with van der Waals surface area (Å²) in [4.78, 5) is 25.9. The maximum Gasteiger partial charge on any atom is 0.337 e. The lowest BCUT2D eigenvalue weighted by molar-refractivity contribution is 0.0600. The Bertz CT molecular complexity index is 797. The monoisotopic (exact) mass is 358 g/mol. The minimum absolute atomic E-state index is 0.200. The standard InChI is InChI=1S/C19H22N2O5/c1-12-16(11-22)17(20-26-12)18(23)21-8-7-14(10-21)9-13-3-5-15(6-4-13)19(24)25-2/h3-6,14,22H,7-11H2,1-2H3. The number of nitrogens with zero attached hydrogens (tertiary/aromatic N) is 2. The smallest absolute Gasteiger partial charge is 0.337 e. The first kappa shape index (κ1) is 18.1. The average Bonchev–Trinajstić information content (AvgIpc) is 3.27. The predicted octanol–water partition coefficient (Wildman–Crippen LogP) is 1.97. The number of aliphatic hydroxyl groups is 1. The fourth-order valence-electron chi connectivity index (χ4n) is 3.31. The van der Waals surface area contributed by atoms with E-state index in [1.807, 2.05) is 12.1 Å². The van der Waals surface area contributed by atoms with E-state index < -0.39 is 0 Å². The van der Waals surface area contributed by atoms with Crippen molar-refractivity contribution < 1.29 is 24.0 Å². The van der Waals surface area contributed by atoms with Crippen LogP contribution in [0.2, 0.25) is 0 Å². The third-order valence-electron chi connectivity index (χ3n) is 4.82. The molecule has 1 aromatic heterocycles. The normalized spacial score (nSPS) is 16.7. The SMILES string of the molecule is COC(=O)c1ccc(CC2CCN(C(=O)c3noc(C)c3CO)C2)cc1. The number of rotatable bonds is 5. The van der Waals surface area contributed by atoms with Gasteiger partial charge in [0.2, 0.25) is 0 Å². The molecule has 1 fully saturated rings. The zero-order chi connectivity index (χ0) is 18.7. The van der Waals surface area contributed by atoms with Crippen LogP contribution in [-0.4, -0.2) is 47.2 Å². The second kappa shape index (κ2) is 7.70. The van der Waals surface area contributed by atoms with Gasteiger partial charge >= 0.3 is 5.97 Å². The number of amides is 1. The highest BCUT2D eigenvalue weighted by atomic mass is 16.5. The van der Waals surface area contributed by atoms with Crippen LogP contribution in [0.5, 0.6) is 0 Å². The molecule has 0 spiro atoms. The zero-order valence-electron chi connectivity index (χ0n) is 14.9. The molecule has 3 rings (SSSR count). The van der Waals surface area contributed by atoms with Gasteiger partial charge in [0, 0.05) is 13.1 Å². The molecule has 1 aliphatic heterocycles. The first-order valence-electron chi connectivity index (χ1n) is 8.56. The fraction of sp³-hybridized carbons (Fsp3) is 0.421. The number of hydrogen-bond acceptors (Lipinski definition) is 6. The summed E-state index contributed by atoms with van der Waals surface area (Å²) in [5.41, 5.74) is 2.30. The van der Waals surface area contributed by atoms with Gasteiger partial charge in [-0.15, -0.1) is 0 Å². The number of benzene rings is 1. The van der Waals surface area contributed by atoms with Gasteiger partial charge in [0.25, 0.3) is 5.91 Å². The molecule has 7 heteroatoms. The Labute approximate surface area is 151 Å². The van der Waals surface area contributed by atoms with Crippen molar-refractivity contribution in [2.24, 2.45) is 5.92 Å². The van der Waals surface area contributed by atoms with Crippen LogP contribution in [0.1, 0.15) is 44.2 Å². The lowest BCUT2D eigenvalue weighted by Crippen LogP contribution is -2.30. The molecule has 1 aromatic carbocycles. The van der Waals surface area contributed by atoms with E-state index in [-0.39, 0.29) is 24.2 Å². The molecule has 1 unspecified atom stereocenters. The number of hydrogen-bond donors (Lipinski definition) is 1. The third kappa shape index (κ3) is 3.62. The molecule has 0 bridgehead atoms. The van der Waals surface area contributed by atoms with Crippen LogP contribution < -0.4 is 0 Å². The molecular formula is C19H22N2O5. The van der Waals surface area contributed by atoms with Crippen molar-refractivity contribution in [1.82, 2.24) is 10.1 Å². The number of aryl methyl sites for hydroxylation is 1. The Morgan fingerprint density at radius 1 is 1.35 bits per heavy atom. The quantitative estimate of drug-likeness (QED) is 0.822. The molecule has 0 saturated carbocycles. The number of methoxy groups -OCH3 is 1. The van der Waals surface area contributed by atoms with E-state index in [2.05, 4.69) is 5.16 Å². The lowest BCUT2D eigenvalue weighted by atomic mass is 9.98. The Morgan fingerprint density at radius 2 is 2.08 bits per heavy atom. The first-order valence-corrected chi connectivity index (χ1v) is 8.56. The Kier molecular flexibility index (Phi) is 5.37. The van der Waals surface area contributed by atoms with Crippen LogP contribution in [0.4, 0.5) is 0 Å². The summed E-state index contributed by atoms with van der Waals surface area (Å²) in [6, 6.07) is 7.35. The van der Waals surface area contributed by atoms with Gasteiger partial charge in [0.15, 0.2) is 5.69 Å². The van der Waals surface area contributed by atoms with Crippen molar-refractivity contribution in [2.45, 2.75) is 26.4 Å². The molecule has 26 heavy (non-hydrogen) atoms. The van der Waals surface area contributed by atoms with Gasteiger partial charge in [-0.2, -0.15) is 0 Å². The maximum absolute atomic E-state index is 12.6. The molecule has 0 aliphatic carbocycles. The number of esters is 1. The molecule has 0 radical (unpaired) electrons. The molecule has 1 saturated heterocycles. The van der Waals surface area contributed by atoms with E-state index in [9.17, 15) is 14.7 Å². The Morgan fingerprint density at radius 3 is 2.73 bits per heavy atom. The van der Waals surface area contributed by atoms with E-state index >= 15 is 0 Å². The minimum Gasteiger partial charge on any atom is -0.465 e. The predicted molar refractivity (Wildman–Crippen MR) is 92.7 cm³/mol. The van der Waals surface area contributed by atoms with Crippen LogP contribution in [0, 0.1) is 12.8 Å². The molecule has 138 valence electrons. The molecule has 1 N–H and O–H groups in total. The van der Waals surface area contributed by atoms with E-state index in [1.165, 1.54) is 7.11 Å². The highest BCUT2D eigenvalue weighted by Crippen LogP contribution is 2.24. The van der Waals surface area contributed by atoms with Gasteiger partial charge in [0.1, 0.15) is 5.76 Å². The van der Waals surface area contributed by atoms with E-state index in [0.29, 0.717) is 35.9 Å². The highest BCUT2D eigenvalue weighted by Gasteiger charge is 2.30. The van der Waals surface area contributed by atoms with Gasteiger partial charge in [-0.1, -0.05) is 17.3 Å². The molecule has 7 nitrogen and oxygen atoms in total. The lowest BCUT2D eigenvalue weighted by Gasteiger charge is -2.15. The van der Waals surface area contributed by atoms with Crippen molar-refractivity contribution in [2.75, 3.05) is 20.2 Å². The Balaban J connectivity index is 1.61. The largest absolute Gasteiger partial charge is 0.465 e. The molecule has 2 aromatic rings. The summed E-state index contributed by atoms with van der Waals surface area (Å²) in [5.74, 6) is 0.261. The summed E-state index contributed by atoms with van der Waals surface area (Å²) >= 11 is 0. The van der Waals surface area contributed by atoms with E-state index in [1.54, 1.807) is 24.0 Å². The summed E-state index contributed by atoms with van der Waals surface area (Å²) < 4.78 is 9.73. The number of aliphatic hydroxyl groups excluding tert-OH is 1. The second-order valence-corrected chi connectivity index (χ2v) is 6.52. The molecule has 2 heterocycles. The molecule has 1 atom stereocenters. The van der Waals surface area contributed by atoms with Crippen molar-refractivity contribution in [1.29, 1.82) is 0 Å². The number of carbonyl (C=O) groups excluding carboxylic acids is 2. The first-order chi connectivity index (χ1) is 12.5. The van der Waals surface area contributed by atoms with Crippen LogP contribution in [0.3, 0.4) is 0 Å². The number of ether oxygens (including phenoxy) is 1. The number of aromatic nitrogens is 1. The van der Waals surface area contributed by atoms with Gasteiger partial charge in [-0.25, -0.2) is 4.79 Å². The molecule has 1 amide bonds. The average molecular weight is 358 g/mol. The van der Waals surface area contributed by atoms with Crippen LogP contribution >= 0.6 is 0 Å². The topological polar surface area (TPSA) is 92.9 Å². The second-order valence-electron chi connectivity index (χ2n) is 6.52. The summed E-state index contributed by atoms with van der Waals surface area (Å²) in [6.45, 7) is 2.70. The van der Waals surface area contributed by atoms with Crippen LogP contribution in [-0.2, 0) is 17.8 Å². The molecular weight excluding hydrogens is 336 g/mol. The van der Waals surface area contributed by atoms with Crippen LogP contribution in [0.15, 0.2) is 28.8 Å². The van der Waals surface area contributed by atoms with Gasteiger partial charge < -0.3 is 19.3 Å². The van der Waals surface area contributed by atoms with E-state index in [4.69, 9.17) is 9.26 Å². The van der Waals surface area contributed by atoms with Gasteiger partial charge in [-0.3, -0.25) is 4.79 Å². The maximum atomic E-state index is 12.6. The van der Waals surface area contributed by atoms with Crippen LogP contribution in [0.25, 0.3) is 0 Å². The zero-order valence-corrected chi connectivity index (χ0v) is 14.9. The third-order valence-corrected chi connectivity index (χ3v) is 4.82. The number of carbonyl (C=O) groups is 2. The van der Waals surface area contributed by atoms with Crippen molar-refractivity contribution in [3.05, 3.63) is 52.4 Å². The van der Waals surface area contributed by atoms with E-state index in [0.717, 1.165) is 18.4 Å². The van der Waals surface area contributed by atoms with Gasteiger partial charge in [0.05, 0.1) is 24.8 Å². The highest BCUT2D eigenvalue weighted by molar-refractivity contribution is 5.94. The van der Waals surface area contributed by atoms with Crippen molar-refractivity contribution in [3.8, 4) is 0 Å². The fourth-order valence-corrected chi connectivity index (χ4v) is 3.31. The van der Waals surface area contributed by atoms with Crippen molar-refractivity contribution >= 4 is 11.9 Å². The summed E-state index contributed by atoms with van der Waals surface area (Å²) in [7, 11) is 1.36. The van der Waals surface area contributed by atoms with Gasteiger partial charge in [-0.05, 0) is 43.4 Å². The molecule has 1 aliphatic rings. The van der Waals surface area contributed by atoms with Crippen molar-refractivity contribution in [3.63, 3.8) is 0 Å². The Hall–Kier alpha value is -2.67. The minimum atomic E-state index is -0.350.